The van der Waals surface area contributed by atoms with Gasteiger partial charge in [0.05, 0.1) is 0 Å². The molecule has 0 spiro atoms. The first-order valence-corrected chi connectivity index (χ1v) is 7.99. The number of hydrogen-bond donors (Lipinski definition) is 0. The van der Waals surface area contributed by atoms with Crippen LogP contribution < -0.4 is 4.90 Å². The number of hydrogen-bond acceptors (Lipinski definition) is 6. The van der Waals surface area contributed by atoms with Crippen LogP contribution in [0.1, 0.15) is 17.1 Å². The van der Waals surface area contributed by atoms with Gasteiger partial charge in [-0.2, -0.15) is 17.5 Å². The summed E-state index contributed by atoms with van der Waals surface area (Å²) in [4.78, 5) is 12.1. The molecule has 0 atom stereocenters. The predicted molar refractivity (Wildman–Crippen MR) is 81.4 cm³/mol. The maximum Gasteiger partial charge on any atom is 0.433 e. The van der Waals surface area contributed by atoms with Gasteiger partial charge in [-0.3, -0.25) is 9.88 Å². The van der Waals surface area contributed by atoms with Crippen molar-refractivity contribution in [3.05, 3.63) is 35.4 Å². The Morgan fingerprint density at radius 1 is 1.22 bits per heavy atom. The van der Waals surface area contributed by atoms with Crippen LogP contribution >= 0.6 is 11.5 Å². The van der Waals surface area contributed by atoms with Crippen molar-refractivity contribution >= 4 is 16.7 Å². The summed E-state index contributed by atoms with van der Waals surface area (Å²) in [7, 11) is 0. The van der Waals surface area contributed by atoms with E-state index in [-0.39, 0.29) is 0 Å². The maximum absolute atomic E-state index is 12.7. The number of alkyl halides is 3. The largest absolute Gasteiger partial charge is 0.433 e. The topological polar surface area (TPSA) is 45.2 Å². The maximum atomic E-state index is 12.7. The molecule has 9 heteroatoms. The number of rotatable bonds is 3. The number of halogens is 3. The molecule has 0 unspecified atom stereocenters. The lowest BCUT2D eigenvalue weighted by Crippen LogP contribution is -2.46. The molecule has 2 aromatic heterocycles. The highest BCUT2D eigenvalue weighted by Crippen LogP contribution is 2.28. The fraction of sp³-hybridized carbons (Fsp3) is 0.500. The molecule has 1 saturated heterocycles. The van der Waals surface area contributed by atoms with Gasteiger partial charge < -0.3 is 4.90 Å². The lowest BCUT2D eigenvalue weighted by Gasteiger charge is -2.34. The van der Waals surface area contributed by atoms with Crippen molar-refractivity contribution in [1.82, 2.24) is 19.2 Å². The van der Waals surface area contributed by atoms with Crippen LogP contribution in [0.15, 0.2) is 18.3 Å². The normalized spacial score (nSPS) is 16.8. The van der Waals surface area contributed by atoms with Gasteiger partial charge in [0, 0.05) is 50.5 Å². The van der Waals surface area contributed by atoms with E-state index < -0.39 is 11.9 Å². The van der Waals surface area contributed by atoms with Crippen LogP contribution in [0.3, 0.4) is 0 Å². The summed E-state index contributed by atoms with van der Waals surface area (Å²) in [6.45, 7) is 5.51. The smallest absolute Gasteiger partial charge is 0.344 e. The Morgan fingerprint density at radius 2 is 1.96 bits per heavy atom. The van der Waals surface area contributed by atoms with Gasteiger partial charge in [-0.1, -0.05) is 0 Å². The van der Waals surface area contributed by atoms with E-state index >= 15 is 0 Å². The van der Waals surface area contributed by atoms with Crippen LogP contribution in [0.2, 0.25) is 0 Å². The number of aryl methyl sites for hydroxylation is 1. The van der Waals surface area contributed by atoms with E-state index in [1.165, 1.54) is 17.7 Å². The Labute approximate surface area is 135 Å². The second kappa shape index (κ2) is 6.40. The Balaban J connectivity index is 1.59. The average Bonchev–Trinajstić information content (AvgIpc) is 2.94. The van der Waals surface area contributed by atoms with E-state index in [0.717, 1.165) is 43.2 Å². The summed E-state index contributed by atoms with van der Waals surface area (Å²) in [5.74, 6) is 0.767. The molecule has 3 rings (SSSR count). The van der Waals surface area contributed by atoms with Gasteiger partial charge in [0.15, 0.2) is 0 Å². The van der Waals surface area contributed by atoms with Gasteiger partial charge in [0.2, 0.25) is 5.13 Å². The third-order valence-corrected chi connectivity index (χ3v) is 4.55. The number of nitrogens with zero attached hydrogens (tertiary/aromatic N) is 5. The van der Waals surface area contributed by atoms with Gasteiger partial charge >= 0.3 is 6.18 Å². The van der Waals surface area contributed by atoms with Gasteiger partial charge in [-0.15, -0.1) is 0 Å². The van der Waals surface area contributed by atoms with Crippen LogP contribution in [-0.2, 0) is 12.7 Å². The summed E-state index contributed by atoms with van der Waals surface area (Å²) in [5, 5.41) is 0.908. The summed E-state index contributed by atoms with van der Waals surface area (Å²) in [6.07, 6.45) is -3.18. The van der Waals surface area contributed by atoms with E-state index in [9.17, 15) is 13.2 Å². The van der Waals surface area contributed by atoms with E-state index in [1.54, 1.807) is 6.07 Å². The summed E-state index contributed by atoms with van der Waals surface area (Å²) >= 11 is 1.38. The first kappa shape index (κ1) is 16.1. The zero-order chi connectivity index (χ0) is 16.4. The summed E-state index contributed by atoms with van der Waals surface area (Å²) < 4.78 is 42.3. The Morgan fingerprint density at radius 3 is 2.57 bits per heavy atom. The first-order chi connectivity index (χ1) is 10.9. The third-order valence-electron chi connectivity index (χ3n) is 3.68. The quantitative estimate of drug-likeness (QED) is 0.857. The van der Waals surface area contributed by atoms with Crippen LogP contribution in [0.5, 0.6) is 0 Å². The minimum atomic E-state index is -4.40. The van der Waals surface area contributed by atoms with Crippen molar-refractivity contribution in [2.75, 3.05) is 31.1 Å². The molecular formula is C14H16F3N5S. The Kier molecular flexibility index (Phi) is 4.49. The molecule has 0 bridgehead atoms. The van der Waals surface area contributed by atoms with Crippen LogP contribution in [0.4, 0.5) is 18.3 Å². The van der Waals surface area contributed by atoms with Gasteiger partial charge in [-0.25, -0.2) is 4.98 Å². The molecular weight excluding hydrogens is 327 g/mol. The van der Waals surface area contributed by atoms with Gasteiger partial charge in [-0.05, 0) is 24.6 Å². The highest BCUT2D eigenvalue weighted by molar-refractivity contribution is 7.09. The van der Waals surface area contributed by atoms with Crippen LogP contribution in [0, 0.1) is 6.92 Å². The molecule has 0 amide bonds. The monoisotopic (exact) mass is 343 g/mol. The number of pyridine rings is 1. The molecule has 1 aliphatic heterocycles. The summed E-state index contributed by atoms with van der Waals surface area (Å²) in [5.41, 5.74) is -0.203. The molecule has 0 N–H and O–H groups in total. The van der Waals surface area contributed by atoms with E-state index in [2.05, 4.69) is 24.1 Å². The number of anilines is 1. The van der Waals surface area contributed by atoms with Crippen molar-refractivity contribution in [2.45, 2.75) is 19.6 Å². The van der Waals surface area contributed by atoms with E-state index in [0.29, 0.717) is 12.1 Å². The number of piperazine rings is 1. The SMILES string of the molecule is Cc1nsc(N2CCN(Cc3ccnc(C(F)(F)F)c3)CC2)n1. The Hall–Kier alpha value is -1.74. The first-order valence-electron chi connectivity index (χ1n) is 7.21. The van der Waals surface area contributed by atoms with Crippen LogP contribution in [-0.4, -0.2) is 45.4 Å². The van der Waals surface area contributed by atoms with E-state index in [1.807, 2.05) is 6.92 Å². The standard InChI is InChI=1S/C14H16F3N5S/c1-10-19-13(23-20-10)22-6-4-21(5-7-22)9-11-2-3-18-12(8-11)14(15,16)17/h2-3,8H,4-7,9H2,1H3. The highest BCUT2D eigenvalue weighted by Gasteiger charge is 2.32. The van der Waals surface area contributed by atoms with Crippen LogP contribution in [0.25, 0.3) is 0 Å². The molecule has 3 heterocycles. The fourth-order valence-electron chi connectivity index (χ4n) is 2.50. The molecule has 0 aromatic carbocycles. The lowest BCUT2D eigenvalue weighted by molar-refractivity contribution is -0.141. The lowest BCUT2D eigenvalue weighted by atomic mass is 10.2. The van der Waals surface area contributed by atoms with Crippen molar-refractivity contribution < 1.29 is 13.2 Å². The second-order valence-corrected chi connectivity index (χ2v) is 6.16. The molecule has 1 fully saturated rings. The van der Waals surface area contributed by atoms with Crippen molar-refractivity contribution in [2.24, 2.45) is 0 Å². The average molecular weight is 343 g/mol. The molecule has 1 aliphatic rings. The zero-order valence-corrected chi connectivity index (χ0v) is 13.4. The minimum absolute atomic E-state index is 0.495. The second-order valence-electron chi connectivity index (χ2n) is 5.43. The molecule has 2 aromatic rings. The van der Waals surface area contributed by atoms with Gasteiger partial charge in [0.25, 0.3) is 0 Å². The number of aromatic nitrogens is 3. The summed E-state index contributed by atoms with van der Waals surface area (Å²) in [6, 6.07) is 2.76. The molecule has 5 nitrogen and oxygen atoms in total. The molecule has 0 radical (unpaired) electrons. The van der Waals surface area contributed by atoms with E-state index in [4.69, 9.17) is 0 Å². The molecule has 124 valence electrons. The van der Waals surface area contributed by atoms with Crippen molar-refractivity contribution in [1.29, 1.82) is 0 Å². The zero-order valence-electron chi connectivity index (χ0n) is 12.5. The molecule has 0 aliphatic carbocycles. The predicted octanol–water partition coefficient (Wildman–Crippen LogP) is 2.58. The molecule has 23 heavy (non-hydrogen) atoms. The Bertz CT molecular complexity index is 664. The molecule has 0 saturated carbocycles. The van der Waals surface area contributed by atoms with Crippen molar-refractivity contribution in [3.8, 4) is 0 Å². The highest BCUT2D eigenvalue weighted by atomic mass is 32.1. The minimum Gasteiger partial charge on any atom is -0.344 e. The van der Waals surface area contributed by atoms with Crippen molar-refractivity contribution in [3.63, 3.8) is 0 Å². The third kappa shape index (κ3) is 3.97. The van der Waals surface area contributed by atoms with Gasteiger partial charge in [0.1, 0.15) is 11.5 Å². The fourth-order valence-corrected chi connectivity index (χ4v) is 3.22.